The Labute approximate surface area is 131 Å². The predicted octanol–water partition coefficient (Wildman–Crippen LogP) is 4.75. The highest BCUT2D eigenvalue weighted by molar-refractivity contribution is 9.11. The molecule has 0 bridgehead atoms. The number of aromatic nitrogens is 1. The Kier molecular flexibility index (Phi) is 4.40. The van der Waals surface area contributed by atoms with E-state index >= 15 is 0 Å². The molecule has 0 fully saturated rings. The zero-order valence-electron chi connectivity index (χ0n) is 9.82. The van der Waals surface area contributed by atoms with Crippen LogP contribution in [0, 0.1) is 18.3 Å². The number of hydrogen-bond acceptors (Lipinski definition) is 4. The SMILES string of the molecule is Cc1csc(/C(C#N)=C/c2cc(Br)c(O)c(Br)c2)n1. The fourth-order valence-electron chi connectivity index (χ4n) is 1.45. The van der Waals surface area contributed by atoms with Gasteiger partial charge < -0.3 is 5.11 Å². The molecule has 1 N–H and O–H groups in total. The van der Waals surface area contributed by atoms with Crippen molar-refractivity contribution in [2.75, 3.05) is 0 Å². The minimum atomic E-state index is 0.140. The first-order valence-corrected chi connectivity index (χ1v) is 7.70. The third kappa shape index (κ3) is 3.24. The van der Waals surface area contributed by atoms with Crippen molar-refractivity contribution in [2.24, 2.45) is 0 Å². The van der Waals surface area contributed by atoms with Gasteiger partial charge in [0.2, 0.25) is 0 Å². The van der Waals surface area contributed by atoms with Crippen molar-refractivity contribution in [3.8, 4) is 11.8 Å². The molecule has 0 aliphatic rings. The number of phenolic OH excluding ortho intramolecular Hbond substituents is 1. The van der Waals surface area contributed by atoms with E-state index in [4.69, 9.17) is 0 Å². The first kappa shape index (κ1) is 14.3. The first-order valence-electron chi connectivity index (χ1n) is 5.23. The fourth-order valence-corrected chi connectivity index (χ4v) is 3.44. The summed E-state index contributed by atoms with van der Waals surface area (Å²) in [6.45, 7) is 1.89. The standard InChI is InChI=1S/C13H8Br2N2OS/c1-7-6-19-13(17-7)9(5-16)2-8-3-10(14)12(18)11(15)4-8/h2-4,6,18H,1H3/b9-2+. The van der Waals surface area contributed by atoms with Gasteiger partial charge in [0, 0.05) is 11.1 Å². The van der Waals surface area contributed by atoms with Crippen LogP contribution in [0.4, 0.5) is 0 Å². The molecule has 96 valence electrons. The van der Waals surface area contributed by atoms with Gasteiger partial charge in [-0.3, -0.25) is 0 Å². The molecule has 2 rings (SSSR count). The van der Waals surface area contributed by atoms with Crippen molar-refractivity contribution >= 4 is 54.8 Å². The molecule has 0 unspecified atom stereocenters. The molecule has 0 aliphatic carbocycles. The highest BCUT2D eigenvalue weighted by Gasteiger charge is 2.08. The summed E-state index contributed by atoms with van der Waals surface area (Å²) in [6, 6.07) is 5.65. The lowest BCUT2D eigenvalue weighted by molar-refractivity contribution is 0.468. The van der Waals surface area contributed by atoms with E-state index in [0.29, 0.717) is 19.5 Å². The lowest BCUT2D eigenvalue weighted by Crippen LogP contribution is -1.83. The number of aryl methyl sites for hydroxylation is 1. The summed E-state index contributed by atoms with van der Waals surface area (Å²) in [5.41, 5.74) is 2.21. The molecular formula is C13H8Br2N2OS. The van der Waals surface area contributed by atoms with Gasteiger partial charge in [-0.15, -0.1) is 11.3 Å². The molecule has 1 heterocycles. The van der Waals surface area contributed by atoms with E-state index in [1.807, 2.05) is 12.3 Å². The number of phenols is 1. The van der Waals surface area contributed by atoms with Gasteiger partial charge in [-0.1, -0.05) is 0 Å². The number of hydrogen-bond donors (Lipinski definition) is 1. The monoisotopic (exact) mass is 398 g/mol. The van der Waals surface area contributed by atoms with Gasteiger partial charge in [0.15, 0.2) is 0 Å². The summed E-state index contributed by atoms with van der Waals surface area (Å²) < 4.78 is 1.14. The number of benzene rings is 1. The Bertz CT molecular complexity index is 678. The number of nitriles is 1. The zero-order valence-corrected chi connectivity index (χ0v) is 13.8. The van der Waals surface area contributed by atoms with Crippen LogP contribution >= 0.6 is 43.2 Å². The molecule has 0 spiro atoms. The van der Waals surface area contributed by atoms with Crippen molar-refractivity contribution < 1.29 is 5.11 Å². The van der Waals surface area contributed by atoms with Crippen LogP contribution in [-0.4, -0.2) is 10.1 Å². The molecule has 0 radical (unpaired) electrons. The Morgan fingerprint density at radius 1 is 1.42 bits per heavy atom. The molecule has 3 nitrogen and oxygen atoms in total. The molecule has 0 atom stereocenters. The maximum atomic E-state index is 9.65. The molecule has 1 aromatic heterocycles. The molecular weight excluding hydrogens is 392 g/mol. The Balaban J connectivity index is 2.47. The van der Waals surface area contributed by atoms with Crippen molar-refractivity contribution in [3.63, 3.8) is 0 Å². The quantitative estimate of drug-likeness (QED) is 0.741. The van der Waals surface area contributed by atoms with E-state index in [-0.39, 0.29) is 5.75 Å². The van der Waals surface area contributed by atoms with Crippen molar-refractivity contribution in [3.05, 3.63) is 42.7 Å². The van der Waals surface area contributed by atoms with E-state index in [9.17, 15) is 10.4 Å². The van der Waals surface area contributed by atoms with Crippen LogP contribution in [0.3, 0.4) is 0 Å². The van der Waals surface area contributed by atoms with Crippen LogP contribution in [0.2, 0.25) is 0 Å². The predicted molar refractivity (Wildman–Crippen MR) is 83.8 cm³/mol. The number of halogens is 2. The molecule has 0 aliphatic heterocycles. The van der Waals surface area contributed by atoms with Gasteiger partial charge in [-0.05, 0) is 62.6 Å². The number of allylic oxidation sites excluding steroid dienone is 1. The molecule has 0 saturated carbocycles. The van der Waals surface area contributed by atoms with Gasteiger partial charge in [0.25, 0.3) is 0 Å². The van der Waals surface area contributed by atoms with Crippen LogP contribution in [0.15, 0.2) is 26.5 Å². The number of nitrogens with zero attached hydrogens (tertiary/aromatic N) is 2. The second kappa shape index (κ2) is 5.87. The van der Waals surface area contributed by atoms with Crippen LogP contribution < -0.4 is 0 Å². The van der Waals surface area contributed by atoms with Crippen LogP contribution in [0.25, 0.3) is 11.6 Å². The largest absolute Gasteiger partial charge is 0.506 e. The zero-order chi connectivity index (χ0) is 14.0. The van der Waals surface area contributed by atoms with Gasteiger partial charge in [-0.2, -0.15) is 5.26 Å². The van der Waals surface area contributed by atoms with Gasteiger partial charge in [-0.25, -0.2) is 4.98 Å². The Morgan fingerprint density at radius 3 is 2.53 bits per heavy atom. The van der Waals surface area contributed by atoms with Gasteiger partial charge in [0.05, 0.1) is 14.5 Å². The lowest BCUT2D eigenvalue weighted by Gasteiger charge is -2.02. The highest BCUT2D eigenvalue weighted by atomic mass is 79.9. The number of aromatic hydroxyl groups is 1. The average Bonchev–Trinajstić information content (AvgIpc) is 2.79. The maximum Gasteiger partial charge on any atom is 0.143 e. The van der Waals surface area contributed by atoms with Crippen molar-refractivity contribution in [2.45, 2.75) is 6.92 Å². The van der Waals surface area contributed by atoms with E-state index in [0.717, 1.165) is 11.3 Å². The van der Waals surface area contributed by atoms with E-state index in [2.05, 4.69) is 42.9 Å². The summed E-state index contributed by atoms with van der Waals surface area (Å²) in [4.78, 5) is 4.30. The minimum Gasteiger partial charge on any atom is -0.506 e. The second-order valence-electron chi connectivity index (χ2n) is 3.80. The molecule has 1 aromatic carbocycles. The van der Waals surface area contributed by atoms with Crippen molar-refractivity contribution in [1.29, 1.82) is 5.26 Å². The summed E-state index contributed by atoms with van der Waals surface area (Å²) in [7, 11) is 0. The number of thiazole rings is 1. The smallest absolute Gasteiger partial charge is 0.143 e. The molecule has 0 amide bonds. The minimum absolute atomic E-state index is 0.140. The number of rotatable bonds is 2. The lowest BCUT2D eigenvalue weighted by atomic mass is 10.1. The molecule has 6 heteroatoms. The van der Waals surface area contributed by atoms with Crippen LogP contribution in [0.5, 0.6) is 5.75 Å². The Morgan fingerprint density at radius 2 is 2.05 bits per heavy atom. The van der Waals surface area contributed by atoms with Crippen LogP contribution in [0.1, 0.15) is 16.3 Å². The summed E-state index contributed by atoms with van der Waals surface area (Å²) >= 11 is 7.97. The second-order valence-corrected chi connectivity index (χ2v) is 6.36. The maximum absolute atomic E-state index is 9.65. The third-order valence-electron chi connectivity index (χ3n) is 2.32. The third-order valence-corrected chi connectivity index (χ3v) is 4.52. The summed E-state index contributed by atoms with van der Waals surface area (Å²) in [5, 5.41) is 21.5. The summed E-state index contributed by atoms with van der Waals surface area (Å²) in [5.74, 6) is 0.140. The molecule has 2 aromatic rings. The first-order chi connectivity index (χ1) is 9.01. The highest BCUT2D eigenvalue weighted by Crippen LogP contribution is 2.34. The average molecular weight is 400 g/mol. The van der Waals surface area contributed by atoms with Gasteiger partial charge in [0.1, 0.15) is 16.8 Å². The fraction of sp³-hybridized carbons (Fsp3) is 0.0769. The van der Waals surface area contributed by atoms with E-state index in [1.54, 1.807) is 18.2 Å². The normalized spacial score (nSPS) is 11.4. The van der Waals surface area contributed by atoms with Crippen LogP contribution in [-0.2, 0) is 0 Å². The summed E-state index contributed by atoms with van der Waals surface area (Å²) in [6.07, 6.45) is 1.74. The van der Waals surface area contributed by atoms with E-state index in [1.165, 1.54) is 11.3 Å². The van der Waals surface area contributed by atoms with Crippen molar-refractivity contribution in [1.82, 2.24) is 4.98 Å². The van der Waals surface area contributed by atoms with E-state index < -0.39 is 0 Å². The Hall–Kier alpha value is -1.16. The molecule has 0 saturated heterocycles. The molecule has 19 heavy (non-hydrogen) atoms. The topological polar surface area (TPSA) is 56.9 Å². The van der Waals surface area contributed by atoms with Gasteiger partial charge >= 0.3 is 0 Å².